The van der Waals surface area contributed by atoms with Crippen LogP contribution in [0.1, 0.15) is 5.56 Å². The quantitative estimate of drug-likeness (QED) is 0.0871. The molecule has 0 fully saturated rings. The topological polar surface area (TPSA) is 34.6 Å². The minimum absolute atomic E-state index is 0.0979. The van der Waals surface area contributed by atoms with Gasteiger partial charge in [0.15, 0.2) is 5.69 Å². The molecule has 10 aromatic rings. The third kappa shape index (κ3) is 6.39. The molecule has 0 saturated heterocycles. The Morgan fingerprint density at radius 3 is 1.27 bits per heavy atom. The molecule has 0 atom stereocenters. The van der Waals surface area contributed by atoms with Crippen LogP contribution in [0.2, 0.25) is 0 Å². The average Bonchev–Trinajstić information content (AvgIpc) is 3.31. The number of rotatable bonds is 8. The van der Waals surface area contributed by atoms with Crippen molar-refractivity contribution in [3.05, 3.63) is 222 Å². The van der Waals surface area contributed by atoms with Gasteiger partial charge in [0.05, 0.1) is 41.0 Å². The van der Waals surface area contributed by atoms with Gasteiger partial charge in [-0.1, -0.05) is 109 Å². The van der Waals surface area contributed by atoms with Crippen molar-refractivity contribution in [2.24, 2.45) is 0 Å². The van der Waals surface area contributed by atoms with Crippen molar-refractivity contribution in [3.8, 4) is 28.3 Å². The third-order valence-corrected chi connectivity index (χ3v) is 11.3. The molecule has 0 bridgehead atoms. The molecule has 10 aromatic carbocycles. The number of benzene rings is 10. The van der Waals surface area contributed by atoms with Gasteiger partial charge in [0.25, 0.3) is 0 Å². The molecule has 0 aliphatic heterocycles. The lowest BCUT2D eigenvalue weighted by Crippen LogP contribution is -2.14. The molecule has 0 unspecified atom stereocenters. The van der Waals surface area contributed by atoms with Gasteiger partial charge in [-0.3, -0.25) is 0 Å². The molecular weight excluding hydrogens is 781 g/mol. The fourth-order valence-corrected chi connectivity index (χ4v) is 8.43. The molecule has 0 saturated carbocycles. The standard InChI is InChI=1S/C54H30F4N4/c1-60-38-18-22-40(23-19-38)62(52-29-44(46(56)31-48(52)58)35-10-6-3-7-11-35)50-27-17-37-14-24-41-49(26-16-36-15-25-42(50)54(37)53(36)41)61(39-20-12-33(32-59)13-21-39)51-28-43(45(55)30-47(51)57)34-8-4-2-5-9-34/h2-31H. The molecule has 0 N–H and O–H groups in total. The number of anilines is 6. The van der Waals surface area contributed by atoms with Crippen LogP contribution in [-0.4, -0.2) is 0 Å². The smallest absolute Gasteiger partial charge is 0.187 e. The Hall–Kier alpha value is -8.46. The Kier molecular flexibility index (Phi) is 9.32. The van der Waals surface area contributed by atoms with Crippen LogP contribution in [0, 0.1) is 41.2 Å². The van der Waals surface area contributed by atoms with Gasteiger partial charge in [0.2, 0.25) is 0 Å². The summed E-state index contributed by atoms with van der Waals surface area (Å²) in [5, 5.41) is 14.6. The lowest BCUT2D eigenvalue weighted by Gasteiger charge is -2.30. The zero-order valence-electron chi connectivity index (χ0n) is 32.6. The fourth-order valence-electron chi connectivity index (χ4n) is 8.43. The van der Waals surface area contributed by atoms with E-state index < -0.39 is 23.3 Å². The summed E-state index contributed by atoms with van der Waals surface area (Å²) in [4.78, 5) is 7.03. The van der Waals surface area contributed by atoms with Crippen LogP contribution in [0.5, 0.6) is 0 Å². The van der Waals surface area contributed by atoms with Crippen LogP contribution in [-0.2, 0) is 0 Å². The molecule has 0 aliphatic carbocycles. The van der Waals surface area contributed by atoms with E-state index in [0.29, 0.717) is 45.1 Å². The monoisotopic (exact) mass is 810 g/mol. The lowest BCUT2D eigenvalue weighted by atomic mass is 9.91. The van der Waals surface area contributed by atoms with E-state index in [2.05, 4.69) is 10.9 Å². The zero-order chi connectivity index (χ0) is 42.5. The van der Waals surface area contributed by atoms with Gasteiger partial charge in [-0.2, -0.15) is 5.26 Å². The van der Waals surface area contributed by atoms with Crippen molar-refractivity contribution >= 4 is 72.1 Å². The summed E-state index contributed by atoms with van der Waals surface area (Å²) in [5.74, 6) is -2.97. The molecular formula is C54H30F4N4. The van der Waals surface area contributed by atoms with Crippen LogP contribution in [0.25, 0.3) is 59.4 Å². The maximum Gasteiger partial charge on any atom is 0.187 e. The number of hydrogen-bond acceptors (Lipinski definition) is 3. The molecule has 0 amide bonds. The third-order valence-electron chi connectivity index (χ3n) is 11.3. The zero-order valence-corrected chi connectivity index (χ0v) is 32.6. The first-order valence-electron chi connectivity index (χ1n) is 19.7. The molecule has 0 heterocycles. The van der Waals surface area contributed by atoms with Gasteiger partial charge >= 0.3 is 0 Å². The maximum absolute atomic E-state index is 16.4. The van der Waals surface area contributed by atoms with Gasteiger partial charge in [0.1, 0.15) is 23.3 Å². The average molecular weight is 811 g/mol. The predicted octanol–water partition coefficient (Wildman–Crippen LogP) is 15.8. The lowest BCUT2D eigenvalue weighted by molar-refractivity contribution is 0.586. The highest BCUT2D eigenvalue weighted by Gasteiger charge is 2.26. The Bertz CT molecular complexity index is 3180. The van der Waals surface area contributed by atoms with Gasteiger partial charge in [-0.25, -0.2) is 22.4 Å². The second-order valence-electron chi connectivity index (χ2n) is 14.8. The Balaban J connectivity index is 1.23. The minimum atomic E-state index is -0.782. The van der Waals surface area contributed by atoms with Gasteiger partial charge in [-0.05, 0) is 93.3 Å². The van der Waals surface area contributed by atoms with E-state index in [-0.39, 0.29) is 22.5 Å². The van der Waals surface area contributed by atoms with E-state index >= 15 is 17.6 Å². The Labute approximate surface area is 354 Å². The van der Waals surface area contributed by atoms with E-state index in [4.69, 9.17) is 6.57 Å². The van der Waals surface area contributed by atoms with Crippen LogP contribution >= 0.6 is 0 Å². The molecule has 10 rings (SSSR count). The van der Waals surface area contributed by atoms with Crippen molar-refractivity contribution in [3.63, 3.8) is 0 Å². The SMILES string of the molecule is [C-]#[N+]c1ccc(N(c2cc(-c3ccccc3)c(F)cc2F)c2ccc3ccc4c(N(c5ccc(C#N)cc5)c5cc(-c6ccccc6)c(F)cc5F)ccc5ccc2c3c54)cc1. The van der Waals surface area contributed by atoms with Crippen LogP contribution in [0.15, 0.2) is 182 Å². The molecule has 0 radical (unpaired) electrons. The minimum Gasteiger partial charge on any atom is -0.307 e. The molecule has 8 heteroatoms. The summed E-state index contributed by atoms with van der Waals surface area (Å²) >= 11 is 0. The first kappa shape index (κ1) is 37.8. The molecule has 294 valence electrons. The van der Waals surface area contributed by atoms with Gasteiger partial charge < -0.3 is 9.80 Å². The first-order chi connectivity index (χ1) is 30.3. The summed E-state index contributed by atoms with van der Waals surface area (Å²) < 4.78 is 64.0. The van der Waals surface area contributed by atoms with E-state index in [0.717, 1.165) is 44.5 Å². The summed E-state index contributed by atoms with van der Waals surface area (Å²) in [6, 6.07) is 54.0. The van der Waals surface area contributed by atoms with E-state index in [1.807, 2.05) is 60.7 Å². The highest BCUT2D eigenvalue weighted by molar-refractivity contribution is 6.28. The molecule has 62 heavy (non-hydrogen) atoms. The van der Waals surface area contributed by atoms with Gasteiger partial charge in [0, 0.05) is 45.4 Å². The largest absolute Gasteiger partial charge is 0.307 e. The normalized spacial score (nSPS) is 11.2. The fraction of sp³-hybridized carbons (Fsp3) is 0. The van der Waals surface area contributed by atoms with E-state index in [1.165, 1.54) is 12.1 Å². The van der Waals surface area contributed by atoms with Gasteiger partial charge in [-0.15, -0.1) is 0 Å². The van der Waals surface area contributed by atoms with Crippen LogP contribution in [0.4, 0.5) is 57.4 Å². The van der Waals surface area contributed by atoms with Crippen LogP contribution < -0.4 is 9.80 Å². The molecule has 0 aliphatic rings. The highest BCUT2D eigenvalue weighted by atomic mass is 19.1. The van der Waals surface area contributed by atoms with Crippen molar-refractivity contribution in [1.82, 2.24) is 0 Å². The van der Waals surface area contributed by atoms with Crippen molar-refractivity contribution in [1.29, 1.82) is 5.26 Å². The number of nitrogens with zero attached hydrogens (tertiary/aromatic N) is 4. The second kappa shape index (κ2) is 15.3. The van der Waals surface area contributed by atoms with E-state index in [9.17, 15) is 5.26 Å². The van der Waals surface area contributed by atoms with Crippen LogP contribution in [0.3, 0.4) is 0 Å². The summed E-state index contributed by atoms with van der Waals surface area (Å²) in [5.41, 5.74) is 4.90. The Morgan fingerprint density at radius 2 is 0.855 bits per heavy atom. The number of halogens is 4. The van der Waals surface area contributed by atoms with Crippen molar-refractivity contribution in [2.75, 3.05) is 9.80 Å². The maximum atomic E-state index is 16.4. The molecule has 0 aromatic heterocycles. The highest BCUT2D eigenvalue weighted by Crippen LogP contribution is 2.49. The summed E-state index contributed by atoms with van der Waals surface area (Å²) in [7, 11) is 0. The second-order valence-corrected chi connectivity index (χ2v) is 14.8. The Morgan fingerprint density at radius 1 is 0.435 bits per heavy atom. The molecule has 4 nitrogen and oxygen atoms in total. The number of hydrogen-bond donors (Lipinski definition) is 0. The summed E-state index contributed by atoms with van der Waals surface area (Å²) in [6.07, 6.45) is 0. The first-order valence-corrected chi connectivity index (χ1v) is 19.7. The van der Waals surface area contributed by atoms with E-state index in [1.54, 1.807) is 107 Å². The molecule has 0 spiro atoms. The summed E-state index contributed by atoms with van der Waals surface area (Å²) in [6.45, 7) is 7.56. The van der Waals surface area contributed by atoms with Crippen molar-refractivity contribution < 1.29 is 17.6 Å². The predicted molar refractivity (Wildman–Crippen MR) is 241 cm³/mol. The van der Waals surface area contributed by atoms with Crippen molar-refractivity contribution in [2.45, 2.75) is 0 Å². The number of nitriles is 1.